The fourth-order valence-corrected chi connectivity index (χ4v) is 4.50. The van der Waals surface area contributed by atoms with Gasteiger partial charge in [-0.1, -0.05) is 54.7 Å². The van der Waals surface area contributed by atoms with Crippen LogP contribution in [0.3, 0.4) is 0 Å². The molecule has 3 rings (SSSR count). The van der Waals surface area contributed by atoms with Crippen LogP contribution in [-0.4, -0.2) is 32.1 Å². The average molecular weight is 508 g/mol. The molecule has 0 spiro atoms. The van der Waals surface area contributed by atoms with E-state index in [0.717, 1.165) is 17.5 Å². The van der Waals surface area contributed by atoms with Crippen molar-refractivity contribution in [2.75, 3.05) is 19.3 Å². The molecule has 1 saturated heterocycles. The van der Waals surface area contributed by atoms with Crippen molar-refractivity contribution >= 4 is 44.8 Å². The Bertz CT molecular complexity index is 1040. The number of rotatable bonds is 2. The molecule has 1 atom stereocenters. The van der Waals surface area contributed by atoms with Gasteiger partial charge in [0.2, 0.25) is 10.0 Å². The summed E-state index contributed by atoms with van der Waals surface area (Å²) in [6, 6.07) is 10.1. The lowest BCUT2D eigenvalue weighted by atomic mass is 10.2. The van der Waals surface area contributed by atoms with E-state index in [9.17, 15) is 12.8 Å². The summed E-state index contributed by atoms with van der Waals surface area (Å²) in [7, 11) is -2.90. The molecule has 0 bridgehead atoms. The fraction of sp³-hybridized carbons (Fsp3) is 0.409. The predicted molar refractivity (Wildman–Crippen MR) is 127 cm³/mol. The zero-order chi connectivity index (χ0) is 23.8. The zero-order valence-corrected chi connectivity index (χ0v) is 21.0. The standard InChI is InChI=1S/C8H7Cl2F.C8H6ClN.C6H13NO2S/c1-2-5-3-8(11)7(10)4-6(5)9;1-6-2-3-7(5-10)8(9)4-6;1-6-3-4-7(5-6)10(2,8)9/h3-4H,2H2,1H3;2-4H,1H3;6H,3-5H2,1-2H3/t;;6-/m..0/s1. The van der Waals surface area contributed by atoms with Gasteiger partial charge in [-0.05, 0) is 61.1 Å². The molecule has 1 aliphatic heterocycles. The minimum atomic E-state index is -2.90. The van der Waals surface area contributed by atoms with Crippen molar-refractivity contribution in [3.63, 3.8) is 0 Å². The van der Waals surface area contributed by atoms with E-state index in [1.165, 1.54) is 22.7 Å². The second kappa shape index (κ2) is 12.6. The molecular weight excluding hydrogens is 482 g/mol. The van der Waals surface area contributed by atoms with Crippen LogP contribution in [-0.2, 0) is 16.4 Å². The van der Waals surface area contributed by atoms with Crippen molar-refractivity contribution in [3.8, 4) is 6.07 Å². The molecule has 1 aliphatic rings. The molecule has 4 nitrogen and oxygen atoms in total. The molecule has 0 saturated carbocycles. The summed E-state index contributed by atoms with van der Waals surface area (Å²) in [5.74, 6) is 0.127. The molecule has 9 heteroatoms. The largest absolute Gasteiger partial charge is 0.213 e. The molecule has 2 aromatic rings. The SMILES string of the molecule is CCc1cc(F)c(Cl)cc1Cl.C[C@H]1CCN(S(C)(=O)=O)C1.Cc1ccc(C#N)c(Cl)c1. The third-order valence-corrected chi connectivity index (χ3v) is 6.79. The Morgan fingerprint density at radius 1 is 1.16 bits per heavy atom. The van der Waals surface area contributed by atoms with Gasteiger partial charge in [0.05, 0.1) is 21.9 Å². The molecule has 170 valence electrons. The summed E-state index contributed by atoms with van der Waals surface area (Å²) >= 11 is 16.9. The fourth-order valence-electron chi connectivity index (χ4n) is 2.74. The highest BCUT2D eigenvalue weighted by Crippen LogP contribution is 2.24. The van der Waals surface area contributed by atoms with Gasteiger partial charge in [0.1, 0.15) is 11.9 Å². The van der Waals surface area contributed by atoms with E-state index >= 15 is 0 Å². The van der Waals surface area contributed by atoms with E-state index in [1.54, 1.807) is 12.1 Å². The Balaban J connectivity index is 0.000000233. The predicted octanol–water partition coefficient (Wildman–Crippen LogP) is 6.50. The summed E-state index contributed by atoms with van der Waals surface area (Å²) < 4.78 is 36.1. The minimum Gasteiger partial charge on any atom is -0.213 e. The number of halogens is 4. The Kier molecular flexibility index (Phi) is 11.3. The maximum atomic E-state index is 12.8. The molecule has 0 radical (unpaired) electrons. The Hall–Kier alpha value is -1.36. The second-order valence-electron chi connectivity index (χ2n) is 7.32. The van der Waals surface area contributed by atoms with Crippen LogP contribution in [0.2, 0.25) is 15.1 Å². The number of aryl methyl sites for hydroxylation is 2. The van der Waals surface area contributed by atoms with Crippen molar-refractivity contribution in [2.24, 2.45) is 5.92 Å². The van der Waals surface area contributed by atoms with Gasteiger partial charge < -0.3 is 0 Å². The van der Waals surface area contributed by atoms with Gasteiger partial charge in [0.25, 0.3) is 0 Å². The maximum absolute atomic E-state index is 12.8. The third kappa shape index (κ3) is 9.34. The molecule has 0 aromatic heterocycles. The lowest BCUT2D eigenvalue weighted by molar-refractivity contribution is 0.469. The first kappa shape index (κ1) is 27.7. The van der Waals surface area contributed by atoms with Gasteiger partial charge in [-0.2, -0.15) is 5.26 Å². The van der Waals surface area contributed by atoms with Crippen LogP contribution in [0.25, 0.3) is 0 Å². The molecule has 1 heterocycles. The van der Waals surface area contributed by atoms with Crippen LogP contribution in [0, 0.1) is 30.0 Å². The summed E-state index contributed by atoms with van der Waals surface area (Å²) in [5.41, 5.74) is 2.39. The molecule has 0 unspecified atom stereocenters. The number of sulfonamides is 1. The van der Waals surface area contributed by atoms with E-state index in [0.29, 0.717) is 41.0 Å². The molecule has 0 amide bonds. The van der Waals surface area contributed by atoms with Crippen molar-refractivity contribution in [1.29, 1.82) is 5.26 Å². The van der Waals surface area contributed by atoms with Crippen molar-refractivity contribution < 1.29 is 12.8 Å². The average Bonchev–Trinajstić information content (AvgIpc) is 3.13. The molecule has 0 N–H and O–H groups in total. The minimum absolute atomic E-state index is 0.0761. The Morgan fingerprint density at radius 3 is 2.23 bits per heavy atom. The smallest absolute Gasteiger partial charge is 0.211 e. The zero-order valence-electron chi connectivity index (χ0n) is 17.9. The first-order valence-electron chi connectivity index (χ1n) is 9.63. The van der Waals surface area contributed by atoms with Crippen LogP contribution in [0.15, 0.2) is 30.3 Å². The van der Waals surface area contributed by atoms with Gasteiger partial charge in [-0.15, -0.1) is 0 Å². The Morgan fingerprint density at radius 2 is 1.81 bits per heavy atom. The first-order valence-corrected chi connectivity index (χ1v) is 12.6. The van der Waals surface area contributed by atoms with Gasteiger partial charge in [-0.3, -0.25) is 0 Å². The van der Waals surface area contributed by atoms with Gasteiger partial charge in [-0.25, -0.2) is 17.1 Å². The highest BCUT2D eigenvalue weighted by Gasteiger charge is 2.25. The lowest BCUT2D eigenvalue weighted by Crippen LogP contribution is -2.27. The normalized spacial score (nSPS) is 15.9. The van der Waals surface area contributed by atoms with Crippen LogP contribution in [0.5, 0.6) is 0 Å². The summed E-state index contributed by atoms with van der Waals surface area (Å²) in [5, 5.41) is 9.61. The summed E-state index contributed by atoms with van der Waals surface area (Å²) in [6.07, 6.45) is 2.99. The van der Waals surface area contributed by atoms with E-state index in [-0.39, 0.29) is 5.02 Å². The summed E-state index contributed by atoms with van der Waals surface area (Å²) in [4.78, 5) is 0. The molecule has 1 fully saturated rings. The lowest BCUT2D eigenvalue weighted by Gasteiger charge is -2.10. The summed E-state index contributed by atoms with van der Waals surface area (Å²) in [6.45, 7) is 7.34. The molecular formula is C22H26Cl3FN2O2S. The molecule has 2 aromatic carbocycles. The van der Waals surface area contributed by atoms with E-state index in [2.05, 4.69) is 6.92 Å². The van der Waals surface area contributed by atoms with Crippen LogP contribution in [0.1, 0.15) is 37.0 Å². The van der Waals surface area contributed by atoms with Crippen LogP contribution in [0.4, 0.5) is 4.39 Å². The monoisotopic (exact) mass is 506 g/mol. The van der Waals surface area contributed by atoms with Crippen molar-refractivity contribution in [3.05, 3.63) is 67.9 Å². The van der Waals surface area contributed by atoms with Gasteiger partial charge >= 0.3 is 0 Å². The number of nitriles is 1. The van der Waals surface area contributed by atoms with Crippen molar-refractivity contribution in [1.82, 2.24) is 4.31 Å². The van der Waals surface area contributed by atoms with Crippen LogP contribution >= 0.6 is 34.8 Å². The Labute approximate surface area is 199 Å². The van der Waals surface area contributed by atoms with E-state index in [1.807, 2.05) is 26.0 Å². The maximum Gasteiger partial charge on any atom is 0.211 e. The van der Waals surface area contributed by atoms with E-state index in [4.69, 9.17) is 40.1 Å². The third-order valence-electron chi connectivity index (χ3n) is 4.57. The van der Waals surface area contributed by atoms with Gasteiger partial charge in [0, 0.05) is 18.1 Å². The van der Waals surface area contributed by atoms with Crippen molar-refractivity contribution in [2.45, 2.75) is 33.6 Å². The van der Waals surface area contributed by atoms with E-state index < -0.39 is 15.8 Å². The number of hydrogen-bond donors (Lipinski definition) is 0. The first-order chi connectivity index (χ1) is 14.4. The topological polar surface area (TPSA) is 61.2 Å². The molecule has 31 heavy (non-hydrogen) atoms. The highest BCUT2D eigenvalue weighted by molar-refractivity contribution is 7.88. The quantitative estimate of drug-likeness (QED) is 0.436. The number of nitrogens with zero attached hydrogens (tertiary/aromatic N) is 2. The highest BCUT2D eigenvalue weighted by atomic mass is 35.5. The van der Waals surface area contributed by atoms with Gasteiger partial charge in [0.15, 0.2) is 0 Å². The number of benzene rings is 2. The second-order valence-corrected chi connectivity index (χ2v) is 10.5. The molecule has 0 aliphatic carbocycles. The number of hydrogen-bond acceptors (Lipinski definition) is 3. The van der Waals surface area contributed by atoms with Crippen LogP contribution < -0.4 is 0 Å².